The van der Waals surface area contributed by atoms with Gasteiger partial charge in [-0.2, -0.15) is 0 Å². The summed E-state index contributed by atoms with van der Waals surface area (Å²) in [6, 6.07) is 0. The molecule has 0 radical (unpaired) electrons. The highest BCUT2D eigenvalue weighted by Crippen LogP contribution is 2.26. The predicted molar refractivity (Wildman–Crippen MR) is 52.0 cm³/mol. The van der Waals surface area contributed by atoms with Gasteiger partial charge in [0, 0.05) is 19.3 Å². The van der Waals surface area contributed by atoms with Crippen LogP contribution in [0.2, 0.25) is 0 Å². The van der Waals surface area contributed by atoms with E-state index in [-0.39, 0.29) is 5.76 Å². The van der Waals surface area contributed by atoms with E-state index in [1.165, 1.54) is 0 Å². The molecule has 0 aromatic carbocycles. The van der Waals surface area contributed by atoms with Crippen LogP contribution in [0, 0.1) is 11.3 Å². The number of hydrogen-bond acceptors (Lipinski definition) is 3. The van der Waals surface area contributed by atoms with Gasteiger partial charge in [-0.3, -0.25) is 4.79 Å². The number of rotatable bonds is 3. The maximum absolute atomic E-state index is 11.1. The average molecular weight is 195 g/mol. The minimum atomic E-state index is 0.0746. The number of Topliss-reactive ketones (excluding diaryl/α,β-unsaturated/α-hetero) is 1. The summed E-state index contributed by atoms with van der Waals surface area (Å²) < 4.78 is 0. The van der Waals surface area contributed by atoms with Crippen molar-refractivity contribution < 1.29 is 9.90 Å². The second-order valence-electron chi connectivity index (χ2n) is 3.78. The van der Waals surface area contributed by atoms with Crippen molar-refractivity contribution in [3.05, 3.63) is 16.9 Å². The van der Waals surface area contributed by atoms with Crippen LogP contribution in [0.5, 0.6) is 0 Å². The molecule has 4 heteroatoms. The first-order chi connectivity index (χ1) is 6.72. The molecule has 0 bridgehead atoms. The molecule has 76 valence electrons. The number of carbonyl (C=O) groups excluding carboxylic acids is 1. The molecule has 4 nitrogen and oxygen atoms in total. The summed E-state index contributed by atoms with van der Waals surface area (Å²) >= 11 is 0. The Labute approximate surface area is 83.2 Å². The lowest BCUT2D eigenvalue weighted by molar-refractivity contribution is -0.121. The molecule has 1 saturated carbocycles. The zero-order chi connectivity index (χ0) is 10.4. The summed E-state index contributed by atoms with van der Waals surface area (Å²) in [5, 5.41) is 17.3. The fourth-order valence-corrected chi connectivity index (χ4v) is 1.84. The van der Waals surface area contributed by atoms with Gasteiger partial charge >= 0.3 is 6.20 Å². The Morgan fingerprint density at radius 2 is 2.50 bits per heavy atom. The molecule has 1 rings (SSSR count). The van der Waals surface area contributed by atoms with Crippen molar-refractivity contribution >= 4 is 5.78 Å². The number of ketones is 1. The summed E-state index contributed by atoms with van der Waals surface area (Å²) in [4.78, 5) is 13.8. The van der Waals surface area contributed by atoms with E-state index < -0.39 is 0 Å². The Balaban J connectivity index is 2.28. The van der Waals surface area contributed by atoms with E-state index in [1.54, 1.807) is 0 Å². The van der Waals surface area contributed by atoms with Crippen LogP contribution in [0.15, 0.2) is 12.0 Å². The molecule has 0 aliphatic heterocycles. The number of carbonyl (C=O) groups is 1. The molecule has 14 heavy (non-hydrogen) atoms. The molecule has 0 aromatic heterocycles. The largest absolute Gasteiger partial charge is 0.505 e. The first-order valence-electron chi connectivity index (χ1n) is 4.96. The molecular formula is C10H15N2O2+. The number of allylic oxidation sites excluding steroid dienone is 1. The number of nitrogens with zero attached hydrogens (tertiary/aromatic N) is 2. The maximum atomic E-state index is 11.1. The van der Waals surface area contributed by atoms with Crippen molar-refractivity contribution in [2.45, 2.75) is 38.5 Å². The predicted octanol–water partition coefficient (Wildman–Crippen LogP) is 2.78. The van der Waals surface area contributed by atoms with Crippen LogP contribution in [0.1, 0.15) is 38.5 Å². The van der Waals surface area contributed by atoms with Crippen molar-refractivity contribution in [2.75, 3.05) is 0 Å². The van der Waals surface area contributed by atoms with E-state index in [2.05, 4.69) is 4.98 Å². The lowest BCUT2D eigenvalue weighted by Crippen LogP contribution is -2.14. The Bertz CT molecular complexity index is 278. The standard InChI is InChI=1S/C10H14N2O2/c11-12-7-10(14)5-4-8-2-1-3-9(13)6-8/h7-8H,1-6H2/p+1/b10-7+. The molecule has 0 amide bonds. The van der Waals surface area contributed by atoms with Crippen molar-refractivity contribution in [1.82, 2.24) is 0 Å². The number of hydrogen-bond donors (Lipinski definition) is 1. The summed E-state index contributed by atoms with van der Waals surface area (Å²) in [5.41, 5.74) is 0. The third-order valence-electron chi connectivity index (χ3n) is 2.60. The minimum absolute atomic E-state index is 0.0746. The van der Waals surface area contributed by atoms with Crippen LogP contribution in [0.3, 0.4) is 0 Å². The van der Waals surface area contributed by atoms with Gasteiger partial charge in [-0.15, -0.1) is 0 Å². The Hall–Kier alpha value is -1.37. The Kier molecular flexibility index (Phi) is 4.11. The minimum Gasteiger partial charge on any atom is -0.505 e. The van der Waals surface area contributed by atoms with E-state index in [0.717, 1.165) is 25.5 Å². The number of diazo groups is 1. The van der Waals surface area contributed by atoms with Gasteiger partial charge in [0.05, 0.1) is 0 Å². The van der Waals surface area contributed by atoms with Crippen LogP contribution in [-0.4, -0.2) is 10.9 Å². The summed E-state index contributed by atoms with van der Waals surface area (Å²) in [6.07, 6.45) is 5.71. The second-order valence-corrected chi connectivity index (χ2v) is 3.78. The molecule has 1 unspecified atom stereocenters. The van der Waals surface area contributed by atoms with E-state index in [9.17, 15) is 4.79 Å². The third-order valence-corrected chi connectivity index (χ3v) is 2.60. The van der Waals surface area contributed by atoms with Gasteiger partial charge < -0.3 is 5.11 Å². The van der Waals surface area contributed by atoms with Gasteiger partial charge in [0.1, 0.15) is 5.78 Å². The summed E-state index contributed by atoms with van der Waals surface area (Å²) in [7, 11) is 0. The van der Waals surface area contributed by atoms with Gasteiger partial charge in [-0.25, -0.2) is 0 Å². The fraction of sp³-hybridized carbons (Fsp3) is 0.700. The van der Waals surface area contributed by atoms with Crippen molar-refractivity contribution in [3.63, 3.8) is 0 Å². The second kappa shape index (κ2) is 5.38. The smallest absolute Gasteiger partial charge is 0.387 e. The normalized spacial score (nSPS) is 23.2. The first kappa shape index (κ1) is 10.7. The molecule has 0 saturated heterocycles. The molecule has 1 fully saturated rings. The molecule has 0 heterocycles. The lowest BCUT2D eigenvalue weighted by atomic mass is 9.85. The summed E-state index contributed by atoms with van der Waals surface area (Å²) in [6.45, 7) is 0. The van der Waals surface area contributed by atoms with E-state index >= 15 is 0 Å². The zero-order valence-electron chi connectivity index (χ0n) is 8.15. The highest BCUT2D eigenvalue weighted by atomic mass is 16.3. The van der Waals surface area contributed by atoms with Gasteiger partial charge in [0.25, 0.3) is 0 Å². The molecular weight excluding hydrogens is 180 g/mol. The monoisotopic (exact) mass is 195 g/mol. The van der Waals surface area contributed by atoms with Crippen LogP contribution in [-0.2, 0) is 4.79 Å². The highest BCUT2D eigenvalue weighted by molar-refractivity contribution is 5.79. The molecule has 1 aliphatic rings. The molecule has 1 aliphatic carbocycles. The number of aliphatic hydroxyl groups is 1. The van der Waals surface area contributed by atoms with Crippen LogP contribution in [0.4, 0.5) is 0 Å². The third kappa shape index (κ3) is 3.56. The SMILES string of the molecule is N#[N+]/C=C(/O)CCC1CCCC(=O)C1. The maximum Gasteiger partial charge on any atom is 0.387 e. The fourth-order valence-electron chi connectivity index (χ4n) is 1.84. The molecule has 0 aromatic rings. The quantitative estimate of drug-likeness (QED) is 0.556. The van der Waals surface area contributed by atoms with Gasteiger partial charge in [0.2, 0.25) is 5.39 Å². The topological polar surface area (TPSA) is 65.4 Å². The highest BCUT2D eigenvalue weighted by Gasteiger charge is 2.19. The number of aliphatic hydroxyl groups excluding tert-OH is 1. The van der Waals surface area contributed by atoms with Crippen molar-refractivity contribution in [1.29, 1.82) is 5.39 Å². The van der Waals surface area contributed by atoms with Crippen LogP contribution in [0.25, 0.3) is 4.98 Å². The van der Waals surface area contributed by atoms with Crippen LogP contribution >= 0.6 is 0 Å². The van der Waals surface area contributed by atoms with Gasteiger partial charge in [-0.05, 0) is 25.2 Å². The average Bonchev–Trinajstić information content (AvgIpc) is 2.15. The first-order valence-corrected chi connectivity index (χ1v) is 4.96. The zero-order valence-corrected chi connectivity index (χ0v) is 8.15. The van der Waals surface area contributed by atoms with E-state index in [0.29, 0.717) is 31.0 Å². The van der Waals surface area contributed by atoms with Crippen molar-refractivity contribution in [2.24, 2.45) is 5.92 Å². The Morgan fingerprint density at radius 1 is 1.71 bits per heavy atom. The Morgan fingerprint density at radius 3 is 3.14 bits per heavy atom. The van der Waals surface area contributed by atoms with Crippen molar-refractivity contribution in [3.8, 4) is 0 Å². The van der Waals surface area contributed by atoms with Gasteiger partial charge in [-0.1, -0.05) is 0 Å². The molecule has 1 atom stereocenters. The van der Waals surface area contributed by atoms with E-state index in [1.807, 2.05) is 0 Å². The van der Waals surface area contributed by atoms with Crippen LogP contribution < -0.4 is 0 Å². The summed E-state index contributed by atoms with van der Waals surface area (Å²) in [5.74, 6) is 0.799. The van der Waals surface area contributed by atoms with Gasteiger partial charge in [0.15, 0.2) is 10.7 Å². The lowest BCUT2D eigenvalue weighted by Gasteiger charge is -2.19. The molecule has 1 N–H and O–H groups in total. The molecule has 0 spiro atoms. The van der Waals surface area contributed by atoms with E-state index in [4.69, 9.17) is 10.5 Å².